The van der Waals surface area contributed by atoms with Gasteiger partial charge in [-0.25, -0.2) is 12.8 Å². The third-order valence-corrected chi connectivity index (χ3v) is 8.38. The number of sulfonamides is 1. The van der Waals surface area contributed by atoms with Crippen LogP contribution in [0.2, 0.25) is 5.02 Å². The number of amides is 2. The largest absolute Gasteiger partial charge is 0.352 e. The Balaban J connectivity index is 2.04. The molecule has 0 saturated carbocycles. The van der Waals surface area contributed by atoms with Gasteiger partial charge in [0.1, 0.15) is 18.4 Å². The number of nitrogens with zero attached hydrogens (tertiary/aromatic N) is 2. The van der Waals surface area contributed by atoms with Crippen molar-refractivity contribution in [3.05, 3.63) is 95.3 Å². The molecule has 0 saturated heterocycles. The molecule has 0 unspecified atom stereocenters. The number of anilines is 1. The Hall–Kier alpha value is -3.43. The van der Waals surface area contributed by atoms with Crippen LogP contribution in [0.3, 0.4) is 0 Å². The topological polar surface area (TPSA) is 86.8 Å². The average Bonchev–Trinajstić information content (AvgIpc) is 2.92. The van der Waals surface area contributed by atoms with E-state index in [1.165, 1.54) is 47.4 Å². The number of carbonyl (C=O) groups is 2. The molecular formula is C29H33ClFN3O4S. The number of nitrogens with one attached hydrogen (secondary N) is 1. The molecule has 2 atom stereocenters. The van der Waals surface area contributed by atoms with E-state index >= 15 is 0 Å². The second kappa shape index (κ2) is 13.6. The van der Waals surface area contributed by atoms with Crippen LogP contribution < -0.4 is 9.62 Å². The summed E-state index contributed by atoms with van der Waals surface area (Å²) in [6.45, 7) is 4.99. The Morgan fingerprint density at radius 2 is 1.62 bits per heavy atom. The minimum Gasteiger partial charge on any atom is -0.352 e. The van der Waals surface area contributed by atoms with Gasteiger partial charge in [0.15, 0.2) is 0 Å². The first-order chi connectivity index (χ1) is 18.6. The van der Waals surface area contributed by atoms with E-state index in [4.69, 9.17) is 11.6 Å². The normalized spacial score (nSPS) is 12.8. The van der Waals surface area contributed by atoms with Crippen LogP contribution in [-0.2, 0) is 26.2 Å². The molecule has 0 spiro atoms. The van der Waals surface area contributed by atoms with Crippen molar-refractivity contribution in [1.82, 2.24) is 10.2 Å². The fourth-order valence-corrected chi connectivity index (χ4v) is 5.64. The smallest absolute Gasteiger partial charge is 0.264 e. The summed E-state index contributed by atoms with van der Waals surface area (Å²) in [6.07, 6.45) is 0.990. The molecule has 2 amide bonds. The Morgan fingerprint density at radius 1 is 0.949 bits per heavy atom. The highest BCUT2D eigenvalue weighted by atomic mass is 35.5. The maximum atomic E-state index is 14.0. The van der Waals surface area contributed by atoms with Crippen LogP contribution in [0.4, 0.5) is 10.1 Å². The number of benzene rings is 3. The Bertz CT molecular complexity index is 1370. The maximum absolute atomic E-state index is 14.0. The fraction of sp³-hybridized carbons (Fsp3) is 0.310. The van der Waals surface area contributed by atoms with Crippen molar-refractivity contribution in [3.63, 3.8) is 0 Å². The van der Waals surface area contributed by atoms with Gasteiger partial charge in [-0.2, -0.15) is 0 Å². The van der Waals surface area contributed by atoms with Gasteiger partial charge in [0.2, 0.25) is 11.8 Å². The third kappa shape index (κ3) is 7.80. The van der Waals surface area contributed by atoms with Crippen molar-refractivity contribution in [1.29, 1.82) is 0 Å². The van der Waals surface area contributed by atoms with E-state index < -0.39 is 34.3 Å². The summed E-state index contributed by atoms with van der Waals surface area (Å²) < 4.78 is 42.1. The van der Waals surface area contributed by atoms with Gasteiger partial charge >= 0.3 is 0 Å². The molecule has 0 aliphatic carbocycles. The second-order valence-electron chi connectivity index (χ2n) is 9.19. The zero-order valence-corrected chi connectivity index (χ0v) is 23.8. The summed E-state index contributed by atoms with van der Waals surface area (Å²) in [5, 5.41) is 3.22. The van der Waals surface area contributed by atoms with Gasteiger partial charge < -0.3 is 10.2 Å². The van der Waals surface area contributed by atoms with Gasteiger partial charge in [-0.05, 0) is 67.8 Å². The standard InChI is InChI=1S/C29H33ClFN3O4S/c1-4-21(3)32-29(36)27(5-2)33(19-22-14-16-24(31)17-15-22)28(35)20-34(25-11-9-10-23(30)18-25)39(37,38)26-12-7-6-8-13-26/h6-18,21,27H,4-5,19-20H2,1-3H3,(H,32,36)/t21-,27-/m1/s1. The lowest BCUT2D eigenvalue weighted by Gasteiger charge is -2.33. The van der Waals surface area contributed by atoms with E-state index in [0.717, 1.165) is 4.31 Å². The molecule has 3 aromatic carbocycles. The molecule has 0 aliphatic heterocycles. The molecule has 1 N–H and O–H groups in total. The van der Waals surface area contributed by atoms with Crippen LogP contribution in [0, 0.1) is 5.82 Å². The Kier molecular flexibility index (Phi) is 10.5. The summed E-state index contributed by atoms with van der Waals surface area (Å²) in [6, 6.07) is 18.6. The first-order valence-electron chi connectivity index (χ1n) is 12.7. The predicted molar refractivity (Wildman–Crippen MR) is 151 cm³/mol. The molecule has 7 nitrogen and oxygen atoms in total. The van der Waals surface area contributed by atoms with Crippen molar-refractivity contribution < 1.29 is 22.4 Å². The van der Waals surface area contributed by atoms with E-state index in [1.54, 1.807) is 43.3 Å². The highest BCUT2D eigenvalue weighted by molar-refractivity contribution is 7.92. The van der Waals surface area contributed by atoms with Crippen molar-refractivity contribution >= 4 is 39.1 Å². The highest BCUT2D eigenvalue weighted by Crippen LogP contribution is 2.27. The van der Waals surface area contributed by atoms with Crippen LogP contribution in [0.25, 0.3) is 0 Å². The number of carbonyl (C=O) groups excluding carboxylic acids is 2. The van der Waals surface area contributed by atoms with Crippen LogP contribution in [-0.4, -0.2) is 43.8 Å². The quantitative estimate of drug-likeness (QED) is 0.314. The minimum atomic E-state index is -4.18. The number of hydrogen-bond acceptors (Lipinski definition) is 4. The summed E-state index contributed by atoms with van der Waals surface area (Å²) >= 11 is 6.18. The summed E-state index contributed by atoms with van der Waals surface area (Å²) in [4.78, 5) is 28.5. The molecule has 3 rings (SSSR count). The summed E-state index contributed by atoms with van der Waals surface area (Å²) in [7, 11) is -4.18. The molecule has 0 fully saturated rings. The lowest BCUT2D eigenvalue weighted by Crippen LogP contribution is -2.53. The zero-order valence-electron chi connectivity index (χ0n) is 22.2. The molecule has 0 aliphatic rings. The summed E-state index contributed by atoms with van der Waals surface area (Å²) in [5.41, 5.74) is 0.804. The minimum absolute atomic E-state index is 0.00409. The number of halogens is 2. The molecular weight excluding hydrogens is 541 g/mol. The van der Waals surface area contributed by atoms with Gasteiger partial charge in [-0.1, -0.05) is 61.8 Å². The zero-order chi connectivity index (χ0) is 28.6. The second-order valence-corrected chi connectivity index (χ2v) is 11.5. The first kappa shape index (κ1) is 30.1. The van der Waals surface area contributed by atoms with Crippen LogP contribution in [0.15, 0.2) is 83.8 Å². The van der Waals surface area contributed by atoms with E-state index in [1.807, 2.05) is 13.8 Å². The SMILES string of the molecule is CC[C@@H](C)NC(=O)[C@@H](CC)N(Cc1ccc(F)cc1)C(=O)CN(c1cccc(Cl)c1)S(=O)(=O)c1ccccc1. The molecule has 39 heavy (non-hydrogen) atoms. The van der Waals surface area contributed by atoms with Gasteiger partial charge in [0, 0.05) is 17.6 Å². The monoisotopic (exact) mass is 573 g/mol. The molecule has 208 valence electrons. The maximum Gasteiger partial charge on any atom is 0.264 e. The van der Waals surface area contributed by atoms with E-state index in [9.17, 15) is 22.4 Å². The average molecular weight is 574 g/mol. The van der Waals surface area contributed by atoms with Gasteiger partial charge in [0.05, 0.1) is 10.6 Å². The predicted octanol–water partition coefficient (Wildman–Crippen LogP) is 5.40. The molecule has 10 heteroatoms. The highest BCUT2D eigenvalue weighted by Gasteiger charge is 2.34. The fourth-order valence-electron chi connectivity index (χ4n) is 4.03. The Labute approximate surface area is 234 Å². The molecule has 0 radical (unpaired) electrons. The Morgan fingerprint density at radius 3 is 2.21 bits per heavy atom. The molecule has 0 bridgehead atoms. The van der Waals surface area contributed by atoms with Crippen LogP contribution in [0.1, 0.15) is 39.2 Å². The van der Waals surface area contributed by atoms with E-state index in [-0.39, 0.29) is 35.5 Å². The van der Waals surface area contributed by atoms with Gasteiger partial charge in [0.25, 0.3) is 10.0 Å². The number of hydrogen-bond donors (Lipinski definition) is 1. The van der Waals surface area contributed by atoms with E-state index in [2.05, 4.69) is 5.32 Å². The van der Waals surface area contributed by atoms with Crippen molar-refractivity contribution in [2.75, 3.05) is 10.8 Å². The first-order valence-corrected chi connectivity index (χ1v) is 14.6. The van der Waals surface area contributed by atoms with Crippen LogP contribution >= 0.6 is 11.6 Å². The lowest BCUT2D eigenvalue weighted by molar-refractivity contribution is -0.140. The summed E-state index contributed by atoms with van der Waals surface area (Å²) in [5.74, 6) is -1.37. The van der Waals surface area contributed by atoms with Gasteiger partial charge in [-0.3, -0.25) is 13.9 Å². The van der Waals surface area contributed by atoms with Crippen molar-refractivity contribution in [2.45, 2.75) is 57.1 Å². The van der Waals surface area contributed by atoms with E-state index in [0.29, 0.717) is 17.0 Å². The van der Waals surface area contributed by atoms with Crippen molar-refractivity contribution in [2.24, 2.45) is 0 Å². The number of rotatable bonds is 12. The van der Waals surface area contributed by atoms with Crippen LogP contribution in [0.5, 0.6) is 0 Å². The molecule has 0 aromatic heterocycles. The molecule has 3 aromatic rings. The third-order valence-electron chi connectivity index (χ3n) is 6.36. The van der Waals surface area contributed by atoms with Crippen molar-refractivity contribution in [3.8, 4) is 0 Å². The lowest BCUT2D eigenvalue weighted by atomic mass is 10.1. The molecule has 0 heterocycles. The van der Waals surface area contributed by atoms with Gasteiger partial charge in [-0.15, -0.1) is 0 Å².